The van der Waals surface area contributed by atoms with Crippen LogP contribution < -0.4 is 5.73 Å². The van der Waals surface area contributed by atoms with Crippen molar-refractivity contribution < 1.29 is 4.57 Å². The van der Waals surface area contributed by atoms with Crippen molar-refractivity contribution in [2.24, 2.45) is 5.73 Å². The topological polar surface area (TPSA) is 46.3 Å². The van der Waals surface area contributed by atoms with Crippen molar-refractivity contribution in [2.45, 2.75) is 0 Å². The molecule has 0 aliphatic heterocycles. The Hall–Kier alpha value is 0.310. The molecule has 0 aromatic heterocycles. The van der Waals surface area contributed by atoms with Crippen LogP contribution in [0.4, 0.5) is 0 Å². The van der Waals surface area contributed by atoms with Gasteiger partial charge in [0.2, 0.25) is 0 Å². The van der Waals surface area contributed by atoms with Crippen molar-refractivity contribution in [1.29, 1.82) is 0 Å². The fraction of sp³-hybridized carbons (Fsp3) is 1.00. The van der Waals surface area contributed by atoms with Crippen molar-refractivity contribution in [3.63, 3.8) is 0 Å². The predicted molar refractivity (Wildman–Crippen MR) is 46.3 cm³/mol. The number of rotatable bonds is 5. The van der Waals surface area contributed by atoms with E-state index in [1.807, 2.05) is 7.05 Å². The smallest absolute Gasteiger partial charge is 0.156 e. The predicted octanol–water partition coefficient (Wildman–Crippen LogP) is 0.590. The van der Waals surface area contributed by atoms with Gasteiger partial charge in [-0.2, -0.15) is 0 Å². The van der Waals surface area contributed by atoms with E-state index in [1.165, 1.54) is 0 Å². The fourth-order valence-electron chi connectivity index (χ4n) is 0.544. The van der Waals surface area contributed by atoms with E-state index in [-0.39, 0.29) is 20.9 Å². The molecule has 0 spiro atoms. The van der Waals surface area contributed by atoms with Gasteiger partial charge in [0.15, 0.2) is 8.46 Å². The van der Waals surface area contributed by atoms with E-state index in [9.17, 15) is 4.57 Å². The number of hydrogen-bond donors (Lipinski definition) is 1. The molecule has 2 N–H and O–H groups in total. The third-order valence-electron chi connectivity index (χ3n) is 1.08. The van der Waals surface area contributed by atoms with Crippen LogP contribution in [-0.2, 0) is 4.57 Å². The summed E-state index contributed by atoms with van der Waals surface area (Å²) in [5.74, 6) is 0. The molecular formula is C5H14ClN2OP. The molecule has 0 aliphatic rings. The van der Waals surface area contributed by atoms with Gasteiger partial charge >= 0.3 is 0 Å². The van der Waals surface area contributed by atoms with Crippen molar-refractivity contribution in [2.75, 3.05) is 32.8 Å². The Labute approximate surface area is 69.6 Å². The molecule has 0 bridgehead atoms. The third-order valence-corrected chi connectivity index (χ3v) is 1.47. The van der Waals surface area contributed by atoms with Crippen LogP contribution in [0.1, 0.15) is 0 Å². The molecule has 0 unspecified atom stereocenters. The molecule has 0 saturated heterocycles. The van der Waals surface area contributed by atoms with Gasteiger partial charge in [0.25, 0.3) is 0 Å². The van der Waals surface area contributed by atoms with Crippen LogP contribution in [0.15, 0.2) is 0 Å². The quantitative estimate of drug-likeness (QED) is 0.637. The van der Waals surface area contributed by atoms with Crippen LogP contribution in [0.25, 0.3) is 0 Å². The molecule has 0 radical (unpaired) electrons. The molecule has 0 amide bonds. The summed E-state index contributed by atoms with van der Waals surface area (Å²) in [4.78, 5) is 2.06. The Bertz CT molecular complexity index is 84.0. The lowest BCUT2D eigenvalue weighted by molar-refractivity contribution is 0.364. The van der Waals surface area contributed by atoms with Crippen molar-refractivity contribution in [3.05, 3.63) is 0 Å². The first-order valence-electron chi connectivity index (χ1n) is 2.99. The zero-order chi connectivity index (χ0) is 7.11. The monoisotopic (exact) mass is 184 g/mol. The van der Waals surface area contributed by atoms with E-state index in [1.54, 1.807) is 0 Å². The largest absolute Gasteiger partial charge is 0.329 e. The Morgan fingerprint density at radius 1 is 1.50 bits per heavy atom. The average molecular weight is 185 g/mol. The van der Waals surface area contributed by atoms with E-state index >= 15 is 0 Å². The van der Waals surface area contributed by atoms with E-state index in [4.69, 9.17) is 5.73 Å². The number of hydrogen-bond acceptors (Lipinski definition) is 3. The second-order valence-electron chi connectivity index (χ2n) is 1.94. The van der Waals surface area contributed by atoms with E-state index in [0.29, 0.717) is 12.7 Å². The summed E-state index contributed by atoms with van der Waals surface area (Å²) in [5, 5.41) is 0. The highest BCUT2D eigenvalue weighted by atomic mass is 35.5. The highest BCUT2D eigenvalue weighted by Crippen LogP contribution is 1.90. The Kier molecular flexibility index (Phi) is 12.0. The Morgan fingerprint density at radius 2 is 2.10 bits per heavy atom. The molecule has 0 saturated carbocycles. The number of likely N-dealkylation sites (N-methyl/N-ethyl adjacent to an activating group) is 1. The normalized spacial score (nSPS) is 9.90. The Balaban J connectivity index is 0. The molecule has 0 aromatic carbocycles. The van der Waals surface area contributed by atoms with Crippen molar-refractivity contribution in [3.8, 4) is 0 Å². The van der Waals surface area contributed by atoms with E-state index in [0.717, 1.165) is 13.1 Å². The summed E-state index contributed by atoms with van der Waals surface area (Å²) >= 11 is 0. The first-order chi connectivity index (χ1) is 4.31. The van der Waals surface area contributed by atoms with Gasteiger partial charge in [-0.25, -0.2) is 0 Å². The van der Waals surface area contributed by atoms with Gasteiger partial charge in [0.05, 0.1) is 0 Å². The molecule has 62 valence electrons. The minimum Gasteiger partial charge on any atom is -0.329 e. The average Bonchev–Trinajstić information content (AvgIpc) is 1.85. The Morgan fingerprint density at radius 3 is 2.50 bits per heavy atom. The van der Waals surface area contributed by atoms with E-state index < -0.39 is 0 Å². The van der Waals surface area contributed by atoms with Gasteiger partial charge < -0.3 is 10.6 Å². The summed E-state index contributed by atoms with van der Waals surface area (Å²) in [6.07, 6.45) is 0.705. The molecule has 0 aliphatic carbocycles. The molecule has 3 nitrogen and oxygen atoms in total. The van der Waals surface area contributed by atoms with Crippen LogP contribution in [0.5, 0.6) is 0 Å². The number of halogens is 1. The lowest BCUT2D eigenvalue weighted by Gasteiger charge is -2.11. The molecular weight excluding hydrogens is 170 g/mol. The van der Waals surface area contributed by atoms with E-state index in [2.05, 4.69) is 4.90 Å². The standard InChI is InChI=1S/C5H13N2OP.ClH/c1-7(3-2-6)4-5-9-8;/h2-6H2,1H3;1H. The molecule has 10 heavy (non-hydrogen) atoms. The highest BCUT2D eigenvalue weighted by Gasteiger charge is 1.93. The molecule has 0 heterocycles. The van der Waals surface area contributed by atoms with Crippen LogP contribution in [0.2, 0.25) is 0 Å². The maximum atomic E-state index is 9.95. The SMILES string of the molecule is CN(CCN)CCP=O.Cl. The van der Waals surface area contributed by atoms with Crippen LogP contribution in [-0.4, -0.2) is 37.7 Å². The number of nitrogens with two attached hydrogens (primary N) is 1. The second-order valence-corrected chi connectivity index (χ2v) is 2.65. The van der Waals surface area contributed by atoms with Crippen LogP contribution in [0, 0.1) is 0 Å². The summed E-state index contributed by atoms with van der Waals surface area (Å²) in [7, 11) is 2.19. The first kappa shape index (κ1) is 12.9. The maximum absolute atomic E-state index is 9.95. The summed E-state index contributed by atoms with van der Waals surface area (Å²) in [6, 6.07) is 0. The van der Waals surface area contributed by atoms with Crippen molar-refractivity contribution in [1.82, 2.24) is 4.90 Å². The van der Waals surface area contributed by atoms with Gasteiger partial charge in [-0.3, -0.25) is 4.57 Å². The molecule has 5 heteroatoms. The van der Waals surface area contributed by atoms with Crippen LogP contribution in [0.3, 0.4) is 0 Å². The fourth-order valence-corrected chi connectivity index (χ4v) is 0.967. The van der Waals surface area contributed by atoms with Gasteiger partial charge in [-0.1, -0.05) is 0 Å². The zero-order valence-electron chi connectivity index (χ0n) is 6.12. The minimum atomic E-state index is 0. The van der Waals surface area contributed by atoms with Gasteiger partial charge in [0, 0.05) is 25.8 Å². The van der Waals surface area contributed by atoms with Crippen LogP contribution >= 0.6 is 20.9 Å². The first-order valence-corrected chi connectivity index (χ1v) is 3.98. The van der Waals surface area contributed by atoms with Crippen molar-refractivity contribution >= 4 is 20.9 Å². The third kappa shape index (κ3) is 8.31. The van der Waals surface area contributed by atoms with Gasteiger partial charge in [-0.15, -0.1) is 12.4 Å². The lowest BCUT2D eigenvalue weighted by Crippen LogP contribution is -2.27. The zero-order valence-corrected chi connectivity index (χ0v) is 7.83. The minimum absolute atomic E-state index is 0. The highest BCUT2D eigenvalue weighted by molar-refractivity contribution is 7.23. The summed E-state index contributed by atoms with van der Waals surface area (Å²) < 4.78 is 9.95. The van der Waals surface area contributed by atoms with Gasteiger partial charge in [-0.05, 0) is 7.05 Å². The maximum Gasteiger partial charge on any atom is 0.156 e. The molecule has 0 fully saturated rings. The van der Waals surface area contributed by atoms with Gasteiger partial charge in [0.1, 0.15) is 0 Å². The summed E-state index contributed by atoms with van der Waals surface area (Å²) in [6.45, 7) is 2.42. The second kappa shape index (κ2) is 9.31. The number of nitrogens with zero attached hydrogens (tertiary/aromatic N) is 1. The molecule has 0 aromatic rings. The summed E-state index contributed by atoms with van der Waals surface area (Å²) in [5.41, 5.74) is 5.28. The lowest BCUT2D eigenvalue weighted by atomic mass is 10.5. The molecule has 0 rings (SSSR count). The molecule has 0 atom stereocenters.